The summed E-state index contributed by atoms with van der Waals surface area (Å²) in [5.41, 5.74) is 0.234. The van der Waals surface area contributed by atoms with E-state index in [2.05, 4.69) is 10.5 Å². The number of nitrogens with zero attached hydrogens (tertiary/aromatic N) is 1. The zero-order chi connectivity index (χ0) is 22.0. The maximum absolute atomic E-state index is 14.4. The molecule has 1 N–H and O–H groups in total. The number of anilines is 1. The van der Waals surface area contributed by atoms with E-state index < -0.39 is 31.7 Å². The van der Waals surface area contributed by atoms with Crippen LogP contribution < -0.4 is 5.32 Å². The monoisotopic (exact) mass is 444 g/mol. The molecule has 0 aliphatic rings. The molecule has 2 rings (SSSR count). The number of hydrogen-bond acceptors (Lipinski definition) is 7. The summed E-state index contributed by atoms with van der Waals surface area (Å²) in [7, 11) is -1.92. The topological polar surface area (TPSA) is 98.5 Å². The van der Waals surface area contributed by atoms with E-state index in [4.69, 9.17) is 9.26 Å². The standard InChI is InChI=1S/C19H25FN2O5S2/c1-18(2,11-26-5)15-10-16(27-22-15)21-17(23)19(3,4)28-14-8-7-12(9-13(14)20)29(6,24)25/h7-10H,11H2,1-6H3,(H,21,23). The van der Waals surface area contributed by atoms with Crippen LogP contribution in [0.25, 0.3) is 0 Å². The predicted molar refractivity (Wildman–Crippen MR) is 109 cm³/mol. The highest BCUT2D eigenvalue weighted by atomic mass is 32.2. The first kappa shape index (κ1) is 23.4. The van der Waals surface area contributed by atoms with Crippen LogP contribution >= 0.6 is 11.8 Å². The summed E-state index contributed by atoms with van der Waals surface area (Å²) in [5, 5.41) is 6.62. The number of thioether (sulfide) groups is 1. The molecule has 1 heterocycles. The molecule has 0 atom stereocenters. The molecule has 0 saturated carbocycles. The smallest absolute Gasteiger partial charge is 0.242 e. The third-order valence-corrected chi connectivity index (χ3v) is 6.55. The number of rotatable bonds is 8. The molecule has 160 valence electrons. The Labute approximate surface area is 174 Å². The van der Waals surface area contributed by atoms with Crippen LogP contribution in [0.1, 0.15) is 33.4 Å². The molecule has 0 radical (unpaired) electrons. The minimum Gasteiger partial charge on any atom is -0.384 e. The summed E-state index contributed by atoms with van der Waals surface area (Å²) < 4.78 is 46.7. The number of methoxy groups -OCH3 is 1. The molecule has 7 nitrogen and oxygen atoms in total. The molecule has 0 unspecified atom stereocenters. The van der Waals surface area contributed by atoms with Gasteiger partial charge in [-0.15, -0.1) is 11.8 Å². The fourth-order valence-electron chi connectivity index (χ4n) is 2.47. The second-order valence-electron chi connectivity index (χ2n) is 7.82. The average Bonchev–Trinajstić information content (AvgIpc) is 3.05. The van der Waals surface area contributed by atoms with Crippen molar-refractivity contribution in [2.24, 2.45) is 0 Å². The molecule has 2 aromatic rings. The number of carbonyl (C=O) groups is 1. The van der Waals surface area contributed by atoms with E-state index in [0.717, 1.165) is 24.1 Å². The van der Waals surface area contributed by atoms with Gasteiger partial charge in [-0.2, -0.15) is 0 Å². The second kappa shape index (κ2) is 8.45. The van der Waals surface area contributed by atoms with E-state index in [0.29, 0.717) is 12.3 Å². The Morgan fingerprint density at radius 2 is 1.93 bits per heavy atom. The minimum absolute atomic E-state index is 0.116. The van der Waals surface area contributed by atoms with E-state index in [1.54, 1.807) is 27.0 Å². The first-order chi connectivity index (χ1) is 13.3. The molecule has 0 spiro atoms. The number of benzene rings is 1. The van der Waals surface area contributed by atoms with E-state index >= 15 is 0 Å². The van der Waals surface area contributed by atoms with Gasteiger partial charge in [0, 0.05) is 29.7 Å². The van der Waals surface area contributed by atoms with Crippen molar-refractivity contribution >= 4 is 33.4 Å². The highest BCUT2D eigenvalue weighted by Gasteiger charge is 2.32. The summed E-state index contributed by atoms with van der Waals surface area (Å²) in [5.74, 6) is -0.945. The minimum atomic E-state index is -3.51. The molecule has 0 saturated heterocycles. The number of aromatic nitrogens is 1. The molecule has 1 aromatic heterocycles. The molecule has 0 aliphatic heterocycles. The van der Waals surface area contributed by atoms with Gasteiger partial charge in [0.05, 0.1) is 21.9 Å². The average molecular weight is 445 g/mol. The summed E-state index contributed by atoms with van der Waals surface area (Å²) in [4.78, 5) is 12.7. The molecule has 1 amide bonds. The van der Waals surface area contributed by atoms with E-state index in [1.165, 1.54) is 12.1 Å². The summed E-state index contributed by atoms with van der Waals surface area (Å²) in [6.07, 6.45) is 1.01. The van der Waals surface area contributed by atoms with Gasteiger partial charge in [-0.1, -0.05) is 19.0 Å². The van der Waals surface area contributed by atoms with Crippen LogP contribution in [0.15, 0.2) is 38.6 Å². The van der Waals surface area contributed by atoms with Crippen LogP contribution in [0.5, 0.6) is 0 Å². The number of nitrogens with one attached hydrogen (secondary N) is 1. The Bertz CT molecular complexity index is 1000. The van der Waals surface area contributed by atoms with Crippen LogP contribution in [0, 0.1) is 5.82 Å². The van der Waals surface area contributed by atoms with Crippen LogP contribution in [0.2, 0.25) is 0 Å². The Morgan fingerprint density at radius 3 is 2.48 bits per heavy atom. The normalized spacial score (nSPS) is 12.8. The molecule has 29 heavy (non-hydrogen) atoms. The molecule has 0 bridgehead atoms. The summed E-state index contributed by atoms with van der Waals surface area (Å²) in [6, 6.07) is 5.24. The number of hydrogen-bond donors (Lipinski definition) is 1. The molecule has 10 heteroatoms. The maximum atomic E-state index is 14.4. The van der Waals surface area contributed by atoms with Crippen LogP contribution in [0.3, 0.4) is 0 Å². The van der Waals surface area contributed by atoms with Gasteiger partial charge in [-0.25, -0.2) is 12.8 Å². The number of halogens is 1. The molecule has 0 fully saturated rings. The molecular formula is C19H25FN2O5S2. The highest BCUT2D eigenvalue weighted by Crippen LogP contribution is 2.36. The Balaban J connectivity index is 2.14. The quantitative estimate of drug-likeness (QED) is 0.621. The van der Waals surface area contributed by atoms with E-state index in [-0.39, 0.29) is 15.7 Å². The first-order valence-electron chi connectivity index (χ1n) is 8.72. The lowest BCUT2D eigenvalue weighted by Crippen LogP contribution is -2.34. The van der Waals surface area contributed by atoms with Gasteiger partial charge in [-0.3, -0.25) is 10.1 Å². The van der Waals surface area contributed by atoms with Crippen molar-refractivity contribution in [1.29, 1.82) is 0 Å². The Morgan fingerprint density at radius 1 is 1.28 bits per heavy atom. The van der Waals surface area contributed by atoms with Gasteiger partial charge < -0.3 is 9.26 Å². The SMILES string of the molecule is COCC(C)(C)c1cc(NC(=O)C(C)(C)Sc2ccc(S(C)(=O)=O)cc2F)on1. The lowest BCUT2D eigenvalue weighted by molar-refractivity contribution is -0.117. The van der Waals surface area contributed by atoms with Gasteiger partial charge in [0.15, 0.2) is 9.84 Å². The fraction of sp³-hybridized carbons (Fsp3) is 0.474. The summed E-state index contributed by atoms with van der Waals surface area (Å²) in [6.45, 7) is 7.55. The Hall–Kier alpha value is -1.91. The van der Waals surface area contributed by atoms with Gasteiger partial charge in [0.2, 0.25) is 11.8 Å². The molecular weight excluding hydrogens is 419 g/mol. The number of sulfone groups is 1. The van der Waals surface area contributed by atoms with E-state index in [9.17, 15) is 17.6 Å². The number of carbonyl (C=O) groups excluding carboxylic acids is 1. The lowest BCUT2D eigenvalue weighted by atomic mass is 9.90. The van der Waals surface area contributed by atoms with Crippen LogP contribution in [0.4, 0.5) is 10.3 Å². The van der Waals surface area contributed by atoms with E-state index in [1.807, 2.05) is 13.8 Å². The zero-order valence-electron chi connectivity index (χ0n) is 17.2. The van der Waals surface area contributed by atoms with Gasteiger partial charge >= 0.3 is 0 Å². The zero-order valence-corrected chi connectivity index (χ0v) is 18.8. The third-order valence-electron chi connectivity index (χ3n) is 4.19. The molecule has 1 aromatic carbocycles. The van der Waals surface area contributed by atoms with Crippen molar-refractivity contribution in [3.8, 4) is 0 Å². The van der Waals surface area contributed by atoms with Crippen molar-refractivity contribution in [3.05, 3.63) is 35.8 Å². The largest absolute Gasteiger partial charge is 0.384 e. The Kier molecular flexibility index (Phi) is 6.81. The van der Waals surface area contributed by atoms with Crippen LogP contribution in [-0.4, -0.2) is 44.2 Å². The van der Waals surface area contributed by atoms with Gasteiger partial charge in [-0.05, 0) is 32.0 Å². The van der Waals surface area contributed by atoms with Crippen molar-refractivity contribution in [1.82, 2.24) is 5.16 Å². The van der Waals surface area contributed by atoms with Crippen molar-refractivity contribution in [3.63, 3.8) is 0 Å². The van der Waals surface area contributed by atoms with Crippen molar-refractivity contribution < 1.29 is 26.9 Å². The predicted octanol–water partition coefficient (Wildman–Crippen LogP) is 3.65. The summed E-state index contributed by atoms with van der Waals surface area (Å²) >= 11 is 0.976. The van der Waals surface area contributed by atoms with Crippen molar-refractivity contribution in [2.75, 3.05) is 25.3 Å². The lowest BCUT2D eigenvalue weighted by Gasteiger charge is -2.22. The number of amides is 1. The van der Waals surface area contributed by atoms with Gasteiger partial charge in [0.25, 0.3) is 0 Å². The third kappa shape index (κ3) is 5.80. The first-order valence-corrected chi connectivity index (χ1v) is 11.4. The van der Waals surface area contributed by atoms with Crippen molar-refractivity contribution in [2.45, 2.75) is 47.6 Å². The highest BCUT2D eigenvalue weighted by molar-refractivity contribution is 8.01. The maximum Gasteiger partial charge on any atom is 0.242 e. The van der Waals surface area contributed by atoms with Crippen LogP contribution in [-0.2, 0) is 24.8 Å². The van der Waals surface area contributed by atoms with Gasteiger partial charge in [0.1, 0.15) is 5.82 Å². The second-order valence-corrected chi connectivity index (χ2v) is 11.5. The number of ether oxygens (including phenoxy) is 1. The molecule has 0 aliphatic carbocycles. The fourth-order valence-corrected chi connectivity index (χ4v) is 4.09.